The van der Waals surface area contributed by atoms with Gasteiger partial charge >= 0.3 is 0 Å². The van der Waals surface area contributed by atoms with Gasteiger partial charge in [-0.2, -0.15) is 0 Å². The molecular formula is C10H20N2. The van der Waals surface area contributed by atoms with E-state index in [0.717, 1.165) is 12.1 Å². The summed E-state index contributed by atoms with van der Waals surface area (Å²) >= 11 is 0. The molecule has 1 heterocycles. The first kappa shape index (κ1) is 8.52. The van der Waals surface area contributed by atoms with E-state index in [0.29, 0.717) is 0 Å². The summed E-state index contributed by atoms with van der Waals surface area (Å²) in [6.45, 7) is 6.01. The Morgan fingerprint density at radius 1 is 1.42 bits per heavy atom. The minimum absolute atomic E-state index is 0.823. The van der Waals surface area contributed by atoms with Gasteiger partial charge in [-0.05, 0) is 19.3 Å². The first-order valence-corrected chi connectivity index (χ1v) is 5.38. The smallest absolute Gasteiger partial charge is 0.0221 e. The van der Waals surface area contributed by atoms with Gasteiger partial charge in [0.15, 0.2) is 0 Å². The van der Waals surface area contributed by atoms with Crippen LogP contribution >= 0.6 is 0 Å². The van der Waals surface area contributed by atoms with E-state index >= 15 is 0 Å². The van der Waals surface area contributed by atoms with Crippen molar-refractivity contribution in [2.45, 2.75) is 44.7 Å². The zero-order chi connectivity index (χ0) is 8.39. The van der Waals surface area contributed by atoms with Crippen LogP contribution in [0.1, 0.15) is 32.6 Å². The molecule has 0 bridgehead atoms. The van der Waals surface area contributed by atoms with Crippen LogP contribution in [0.15, 0.2) is 0 Å². The van der Waals surface area contributed by atoms with Crippen molar-refractivity contribution in [3.05, 3.63) is 0 Å². The van der Waals surface area contributed by atoms with Gasteiger partial charge in [0, 0.05) is 31.7 Å². The summed E-state index contributed by atoms with van der Waals surface area (Å²) in [4.78, 5) is 2.74. The molecule has 0 aromatic rings. The molecule has 1 saturated heterocycles. The molecule has 1 saturated carbocycles. The molecule has 12 heavy (non-hydrogen) atoms. The Morgan fingerprint density at radius 2 is 2.25 bits per heavy atom. The molecule has 1 N–H and O–H groups in total. The molecule has 0 unspecified atom stereocenters. The van der Waals surface area contributed by atoms with Crippen LogP contribution in [0.4, 0.5) is 0 Å². The lowest BCUT2D eigenvalue weighted by Gasteiger charge is -2.45. The highest BCUT2D eigenvalue weighted by molar-refractivity contribution is 4.88. The molecule has 0 amide bonds. The maximum Gasteiger partial charge on any atom is 0.0221 e. The van der Waals surface area contributed by atoms with E-state index in [-0.39, 0.29) is 0 Å². The number of hydrogen-bond donors (Lipinski definition) is 1. The molecule has 2 nitrogen and oxygen atoms in total. The van der Waals surface area contributed by atoms with Crippen molar-refractivity contribution in [2.75, 3.05) is 19.6 Å². The molecular weight excluding hydrogens is 148 g/mol. The maximum atomic E-state index is 3.48. The van der Waals surface area contributed by atoms with Crippen LogP contribution in [0.25, 0.3) is 0 Å². The largest absolute Gasteiger partial charge is 0.314 e. The van der Waals surface area contributed by atoms with Gasteiger partial charge < -0.3 is 5.32 Å². The molecule has 0 aromatic carbocycles. The van der Waals surface area contributed by atoms with Gasteiger partial charge in [0.05, 0.1) is 0 Å². The van der Waals surface area contributed by atoms with Crippen molar-refractivity contribution in [3.8, 4) is 0 Å². The predicted molar refractivity (Wildman–Crippen MR) is 51.3 cm³/mol. The summed E-state index contributed by atoms with van der Waals surface area (Å²) < 4.78 is 0. The summed E-state index contributed by atoms with van der Waals surface area (Å²) in [5, 5.41) is 3.48. The monoisotopic (exact) mass is 168 g/mol. The van der Waals surface area contributed by atoms with Crippen molar-refractivity contribution in [2.24, 2.45) is 0 Å². The van der Waals surface area contributed by atoms with Gasteiger partial charge in [0.25, 0.3) is 0 Å². The van der Waals surface area contributed by atoms with E-state index in [4.69, 9.17) is 0 Å². The molecule has 1 atom stereocenters. The Balaban J connectivity index is 1.90. The summed E-state index contributed by atoms with van der Waals surface area (Å²) in [5.74, 6) is 0. The van der Waals surface area contributed by atoms with Gasteiger partial charge in [-0.1, -0.05) is 13.3 Å². The van der Waals surface area contributed by atoms with Gasteiger partial charge in [0.2, 0.25) is 0 Å². The fourth-order valence-corrected chi connectivity index (χ4v) is 2.35. The van der Waals surface area contributed by atoms with E-state index in [1.165, 1.54) is 45.3 Å². The molecule has 70 valence electrons. The Hall–Kier alpha value is -0.0800. The van der Waals surface area contributed by atoms with Crippen molar-refractivity contribution < 1.29 is 0 Å². The van der Waals surface area contributed by atoms with E-state index in [9.17, 15) is 0 Å². The molecule has 2 rings (SSSR count). The van der Waals surface area contributed by atoms with Crippen LogP contribution < -0.4 is 5.32 Å². The molecule has 1 aliphatic carbocycles. The molecule has 2 fully saturated rings. The normalized spacial score (nSPS) is 33.2. The average Bonchev–Trinajstić information content (AvgIpc) is 2.02. The molecule has 0 radical (unpaired) electrons. The Labute approximate surface area is 75.3 Å². The van der Waals surface area contributed by atoms with E-state index in [1.807, 2.05) is 0 Å². The van der Waals surface area contributed by atoms with Crippen LogP contribution in [-0.2, 0) is 0 Å². The van der Waals surface area contributed by atoms with Crippen LogP contribution in [0.3, 0.4) is 0 Å². The average molecular weight is 168 g/mol. The third-order valence-corrected chi connectivity index (χ3v) is 3.41. The number of nitrogens with zero attached hydrogens (tertiary/aromatic N) is 1. The number of hydrogen-bond acceptors (Lipinski definition) is 2. The molecule has 0 spiro atoms. The van der Waals surface area contributed by atoms with Gasteiger partial charge in [-0.15, -0.1) is 0 Å². The lowest BCUT2D eigenvalue weighted by Crippen LogP contribution is -2.56. The van der Waals surface area contributed by atoms with E-state index in [1.54, 1.807) is 0 Å². The van der Waals surface area contributed by atoms with Crippen LogP contribution in [0.2, 0.25) is 0 Å². The zero-order valence-corrected chi connectivity index (χ0v) is 8.05. The fraction of sp³-hybridized carbons (Fsp3) is 1.00. The van der Waals surface area contributed by atoms with Crippen LogP contribution in [-0.4, -0.2) is 36.6 Å². The van der Waals surface area contributed by atoms with Crippen molar-refractivity contribution >= 4 is 0 Å². The molecule has 2 aliphatic rings. The highest BCUT2D eigenvalue weighted by Gasteiger charge is 2.30. The number of nitrogens with one attached hydrogen (secondary N) is 1. The van der Waals surface area contributed by atoms with Gasteiger partial charge in [-0.3, -0.25) is 4.90 Å². The lowest BCUT2D eigenvalue weighted by atomic mass is 9.89. The topological polar surface area (TPSA) is 15.3 Å². The minimum Gasteiger partial charge on any atom is -0.314 e. The summed E-state index contributed by atoms with van der Waals surface area (Å²) in [6, 6.07) is 1.76. The minimum atomic E-state index is 0.823. The quantitative estimate of drug-likeness (QED) is 0.667. The highest BCUT2D eigenvalue weighted by Crippen LogP contribution is 2.27. The predicted octanol–water partition coefficient (Wildman–Crippen LogP) is 1.22. The van der Waals surface area contributed by atoms with Gasteiger partial charge in [-0.25, -0.2) is 0 Å². The van der Waals surface area contributed by atoms with Crippen molar-refractivity contribution in [1.82, 2.24) is 10.2 Å². The third kappa shape index (κ3) is 1.50. The lowest BCUT2D eigenvalue weighted by molar-refractivity contribution is 0.0588. The van der Waals surface area contributed by atoms with Crippen LogP contribution in [0, 0.1) is 0 Å². The second kappa shape index (κ2) is 3.75. The summed E-state index contributed by atoms with van der Waals surface area (Å²) in [7, 11) is 0. The molecule has 0 aromatic heterocycles. The molecule has 1 aliphatic heterocycles. The molecule has 2 heteroatoms. The van der Waals surface area contributed by atoms with E-state index in [2.05, 4.69) is 17.1 Å². The Morgan fingerprint density at radius 3 is 2.83 bits per heavy atom. The fourth-order valence-electron chi connectivity index (χ4n) is 2.35. The summed E-state index contributed by atoms with van der Waals surface area (Å²) in [6.07, 6.45) is 5.68. The second-order valence-electron chi connectivity index (χ2n) is 4.09. The standard InChI is InChI=1S/C10H20N2/c1-2-9-8-11-6-7-12(9)10-4-3-5-10/h9-11H,2-8H2,1H3/t9-/m1/s1. The zero-order valence-electron chi connectivity index (χ0n) is 8.05. The first-order valence-electron chi connectivity index (χ1n) is 5.38. The first-order chi connectivity index (χ1) is 5.92. The van der Waals surface area contributed by atoms with E-state index < -0.39 is 0 Å². The van der Waals surface area contributed by atoms with Crippen molar-refractivity contribution in [1.29, 1.82) is 0 Å². The number of piperazine rings is 1. The SMILES string of the molecule is CC[C@@H]1CNCCN1C1CCC1. The van der Waals surface area contributed by atoms with Crippen molar-refractivity contribution in [3.63, 3.8) is 0 Å². The Bertz CT molecular complexity index is 143. The highest BCUT2D eigenvalue weighted by atomic mass is 15.2. The van der Waals surface area contributed by atoms with Crippen LogP contribution in [0.5, 0.6) is 0 Å². The summed E-state index contributed by atoms with van der Waals surface area (Å²) in [5.41, 5.74) is 0. The Kier molecular flexibility index (Phi) is 2.66. The van der Waals surface area contributed by atoms with Gasteiger partial charge in [0.1, 0.15) is 0 Å². The second-order valence-corrected chi connectivity index (χ2v) is 4.09. The maximum absolute atomic E-state index is 3.48. The number of rotatable bonds is 2. The third-order valence-electron chi connectivity index (χ3n) is 3.41.